The minimum Gasteiger partial charge on any atom is -0.450 e. The third-order valence-corrected chi connectivity index (χ3v) is 0.906. The van der Waals surface area contributed by atoms with Crippen LogP contribution < -0.4 is 0 Å². The predicted molar refractivity (Wildman–Crippen MR) is 51.2 cm³/mol. The largest absolute Gasteiger partial charge is 0.631 e. The lowest BCUT2D eigenvalue weighted by Crippen LogP contribution is -2.12. The summed E-state index contributed by atoms with van der Waals surface area (Å²) < 4.78 is 13.0. The van der Waals surface area contributed by atoms with Crippen molar-refractivity contribution >= 4 is 19.6 Å². The summed E-state index contributed by atoms with van der Waals surface area (Å²) in [7, 11) is -2.17. The molecule has 0 aliphatic heterocycles. The van der Waals surface area contributed by atoms with Gasteiger partial charge in [0.1, 0.15) is 13.2 Å². The number of ether oxygens (including phenoxy) is 3. The van der Waals surface area contributed by atoms with Gasteiger partial charge in [-0.2, -0.15) is 0 Å². The van der Waals surface area contributed by atoms with E-state index in [2.05, 4.69) is 9.47 Å². The Hall–Kier alpha value is -1.56. The highest BCUT2D eigenvalue weighted by Crippen LogP contribution is 1.81. The van der Waals surface area contributed by atoms with Gasteiger partial charge >= 0.3 is 19.6 Å². The van der Waals surface area contributed by atoms with Crippen LogP contribution in [-0.4, -0.2) is 71.3 Å². The van der Waals surface area contributed by atoms with Crippen LogP contribution in [0, 0.1) is 0 Å². The molecule has 100 valence electrons. The maximum Gasteiger partial charge on any atom is 0.631 e. The van der Waals surface area contributed by atoms with E-state index < -0.39 is 19.6 Å². The minimum absolute atomic E-state index is 0.0786. The lowest BCUT2D eigenvalue weighted by Gasteiger charge is -2.02. The molecule has 0 amide bonds. The lowest BCUT2D eigenvalue weighted by molar-refractivity contribution is 0.0230. The molecule has 0 atom stereocenters. The Morgan fingerprint density at radius 1 is 0.824 bits per heavy atom. The van der Waals surface area contributed by atoms with Crippen molar-refractivity contribution < 1.29 is 49.1 Å². The molecule has 0 saturated heterocycles. The number of carboxylic acid groups (broad SMARTS) is 2. The zero-order valence-electron chi connectivity index (χ0n) is 8.68. The Kier molecular flexibility index (Phi) is 13.1. The van der Waals surface area contributed by atoms with Gasteiger partial charge < -0.3 is 39.5 Å². The highest BCUT2D eigenvalue weighted by atomic mass is 16.7. The average molecular weight is 256 g/mol. The molecular weight excluding hydrogens is 243 g/mol. The molecule has 0 aromatic carbocycles. The van der Waals surface area contributed by atoms with Gasteiger partial charge in [0, 0.05) is 0 Å². The standard InChI is InChI=1S/C6H10O7.BH3O3/c7-5(8)12-3-1-11-2-4-13-6(9)10;2-1(3)4/h1-4H2,(H,7,8)(H,9,10);2-4H. The molecule has 0 bridgehead atoms. The Bertz CT molecular complexity index is 186. The van der Waals surface area contributed by atoms with Crippen LogP contribution in [0.2, 0.25) is 0 Å². The monoisotopic (exact) mass is 256 g/mol. The number of carbonyl (C=O) groups is 2. The van der Waals surface area contributed by atoms with Gasteiger partial charge in [-0.05, 0) is 0 Å². The molecule has 0 heterocycles. The van der Waals surface area contributed by atoms with Crippen molar-refractivity contribution in [3.63, 3.8) is 0 Å². The second-order valence-electron chi connectivity index (χ2n) is 2.19. The van der Waals surface area contributed by atoms with Crippen molar-refractivity contribution in [3.8, 4) is 0 Å². The predicted octanol–water partition coefficient (Wildman–Crippen LogP) is -1.66. The van der Waals surface area contributed by atoms with E-state index in [0.29, 0.717) is 0 Å². The molecule has 11 heteroatoms. The van der Waals surface area contributed by atoms with Crippen LogP contribution in [-0.2, 0) is 14.2 Å². The summed E-state index contributed by atoms with van der Waals surface area (Å²) >= 11 is 0. The van der Waals surface area contributed by atoms with Gasteiger partial charge in [-0.25, -0.2) is 9.59 Å². The zero-order chi connectivity index (χ0) is 13.7. The van der Waals surface area contributed by atoms with E-state index in [-0.39, 0.29) is 26.4 Å². The van der Waals surface area contributed by atoms with Gasteiger partial charge in [0.15, 0.2) is 0 Å². The third kappa shape index (κ3) is 31.4. The SMILES string of the molecule is O=C(O)OCCOCCOC(=O)O.OB(O)O. The van der Waals surface area contributed by atoms with E-state index in [9.17, 15) is 9.59 Å². The first kappa shape index (κ1) is 17.8. The lowest BCUT2D eigenvalue weighted by atomic mass is 10.3. The minimum atomic E-state index is -2.17. The molecule has 0 saturated carbocycles. The Morgan fingerprint density at radius 2 is 1.12 bits per heavy atom. The second kappa shape index (κ2) is 12.5. The van der Waals surface area contributed by atoms with Gasteiger partial charge in [-0.3, -0.25) is 0 Å². The third-order valence-electron chi connectivity index (χ3n) is 0.906. The Labute approximate surface area is 96.1 Å². The summed E-state index contributed by atoms with van der Waals surface area (Å²) in [6.07, 6.45) is -2.74. The van der Waals surface area contributed by atoms with Crippen molar-refractivity contribution in [2.45, 2.75) is 0 Å². The number of hydrogen-bond donors (Lipinski definition) is 5. The fourth-order valence-electron chi connectivity index (χ4n) is 0.478. The van der Waals surface area contributed by atoms with Crippen molar-refractivity contribution in [2.75, 3.05) is 26.4 Å². The van der Waals surface area contributed by atoms with Gasteiger partial charge in [0.05, 0.1) is 13.2 Å². The van der Waals surface area contributed by atoms with E-state index in [4.69, 9.17) is 30.0 Å². The van der Waals surface area contributed by atoms with Crippen molar-refractivity contribution in [2.24, 2.45) is 0 Å². The highest BCUT2D eigenvalue weighted by molar-refractivity contribution is 6.30. The fraction of sp³-hybridized carbons (Fsp3) is 0.667. The van der Waals surface area contributed by atoms with E-state index in [1.54, 1.807) is 0 Å². The van der Waals surface area contributed by atoms with Crippen molar-refractivity contribution in [1.29, 1.82) is 0 Å². The van der Waals surface area contributed by atoms with Crippen LogP contribution in [0.5, 0.6) is 0 Å². The first-order chi connectivity index (χ1) is 7.86. The normalized spacial score (nSPS) is 8.65. The maximum absolute atomic E-state index is 9.80. The van der Waals surface area contributed by atoms with Crippen LogP contribution in [0.1, 0.15) is 0 Å². The zero-order valence-corrected chi connectivity index (χ0v) is 8.68. The van der Waals surface area contributed by atoms with Crippen molar-refractivity contribution in [1.82, 2.24) is 0 Å². The highest BCUT2D eigenvalue weighted by Gasteiger charge is 1.97. The second-order valence-corrected chi connectivity index (χ2v) is 2.19. The van der Waals surface area contributed by atoms with E-state index >= 15 is 0 Å². The summed E-state index contributed by atoms with van der Waals surface area (Å²) in [5.74, 6) is 0. The molecule has 10 nitrogen and oxygen atoms in total. The molecule has 0 rings (SSSR count). The Balaban J connectivity index is 0. The molecule has 0 aliphatic rings. The topological polar surface area (TPSA) is 163 Å². The van der Waals surface area contributed by atoms with Crippen LogP contribution >= 0.6 is 0 Å². The van der Waals surface area contributed by atoms with Gasteiger partial charge in [0.25, 0.3) is 0 Å². The quantitative estimate of drug-likeness (QED) is 0.211. The van der Waals surface area contributed by atoms with E-state index in [1.807, 2.05) is 0 Å². The molecule has 0 aliphatic carbocycles. The van der Waals surface area contributed by atoms with E-state index in [1.165, 1.54) is 0 Å². The summed E-state index contributed by atoms with van der Waals surface area (Å²) in [6.45, 7) is -0.00460. The van der Waals surface area contributed by atoms with Gasteiger partial charge in [-0.1, -0.05) is 0 Å². The summed E-state index contributed by atoms with van der Waals surface area (Å²) in [5.41, 5.74) is 0. The summed E-state index contributed by atoms with van der Waals surface area (Å²) in [4.78, 5) is 19.6. The fourth-order valence-corrected chi connectivity index (χ4v) is 0.478. The van der Waals surface area contributed by atoms with Gasteiger partial charge in [-0.15, -0.1) is 0 Å². The summed E-state index contributed by atoms with van der Waals surface area (Å²) in [5, 5.41) is 37.5. The van der Waals surface area contributed by atoms with E-state index in [0.717, 1.165) is 0 Å². The molecule has 0 fully saturated rings. The molecule has 17 heavy (non-hydrogen) atoms. The smallest absolute Gasteiger partial charge is 0.450 e. The van der Waals surface area contributed by atoms with Crippen molar-refractivity contribution in [3.05, 3.63) is 0 Å². The van der Waals surface area contributed by atoms with Gasteiger partial charge in [0.2, 0.25) is 0 Å². The van der Waals surface area contributed by atoms with Crippen LogP contribution in [0.4, 0.5) is 9.59 Å². The average Bonchev–Trinajstić information content (AvgIpc) is 2.14. The molecule has 0 radical (unpaired) electrons. The first-order valence-corrected chi connectivity index (χ1v) is 4.19. The molecule has 0 aromatic rings. The van der Waals surface area contributed by atoms with Crippen LogP contribution in [0.25, 0.3) is 0 Å². The first-order valence-electron chi connectivity index (χ1n) is 4.19. The number of rotatable bonds is 6. The van der Waals surface area contributed by atoms with Crippen LogP contribution in [0.3, 0.4) is 0 Å². The molecule has 0 aromatic heterocycles. The molecule has 5 N–H and O–H groups in total. The number of hydrogen-bond acceptors (Lipinski definition) is 8. The molecule has 0 unspecified atom stereocenters. The molecular formula is C6H13BO10. The molecule has 0 spiro atoms. The summed E-state index contributed by atoms with van der Waals surface area (Å²) in [6, 6.07) is 0. The van der Waals surface area contributed by atoms with Crippen LogP contribution in [0.15, 0.2) is 0 Å². The Morgan fingerprint density at radius 3 is 1.35 bits per heavy atom. The maximum atomic E-state index is 9.80.